The standard InChI is InChI=1S/C16H26N4O/c1-12-13(9-17-14-5-6-14)10-18-15(19-12)20-8-4-7-16(2,11-20)21-3/h10,14,17H,4-9,11H2,1-3H3. The Morgan fingerprint density at radius 2 is 2.29 bits per heavy atom. The second kappa shape index (κ2) is 5.89. The third-order valence-electron chi connectivity index (χ3n) is 4.66. The molecular weight excluding hydrogens is 264 g/mol. The molecule has 3 rings (SSSR count). The smallest absolute Gasteiger partial charge is 0.225 e. The molecule has 5 nitrogen and oxygen atoms in total. The SMILES string of the molecule is COC1(C)CCCN(c2ncc(CNC3CC3)c(C)n2)C1. The number of ether oxygens (including phenoxy) is 1. The highest BCUT2D eigenvalue weighted by molar-refractivity contribution is 5.34. The fraction of sp³-hybridized carbons (Fsp3) is 0.750. The average Bonchev–Trinajstić information content (AvgIpc) is 3.30. The fourth-order valence-corrected chi connectivity index (χ4v) is 2.89. The zero-order valence-electron chi connectivity index (χ0n) is 13.4. The zero-order chi connectivity index (χ0) is 14.9. The number of nitrogens with zero attached hydrogens (tertiary/aromatic N) is 3. The van der Waals surface area contributed by atoms with E-state index >= 15 is 0 Å². The van der Waals surface area contributed by atoms with Crippen LogP contribution in [0.4, 0.5) is 5.95 Å². The van der Waals surface area contributed by atoms with Gasteiger partial charge >= 0.3 is 0 Å². The number of anilines is 1. The Labute approximate surface area is 127 Å². The normalized spacial score (nSPS) is 26.1. The van der Waals surface area contributed by atoms with Gasteiger partial charge in [0.25, 0.3) is 0 Å². The molecule has 1 atom stereocenters. The van der Waals surface area contributed by atoms with Gasteiger partial charge in [-0.2, -0.15) is 0 Å². The molecule has 2 aliphatic rings. The summed E-state index contributed by atoms with van der Waals surface area (Å²) in [5.41, 5.74) is 2.21. The Morgan fingerprint density at radius 1 is 1.48 bits per heavy atom. The molecule has 116 valence electrons. The summed E-state index contributed by atoms with van der Waals surface area (Å²) in [6.45, 7) is 7.00. The van der Waals surface area contributed by atoms with Gasteiger partial charge in [-0.1, -0.05) is 0 Å². The van der Waals surface area contributed by atoms with Crippen molar-refractivity contribution in [3.8, 4) is 0 Å². The molecule has 1 saturated heterocycles. The minimum Gasteiger partial charge on any atom is -0.377 e. The molecule has 0 bridgehead atoms. The lowest BCUT2D eigenvalue weighted by molar-refractivity contribution is -0.00499. The van der Waals surface area contributed by atoms with Crippen molar-refractivity contribution in [2.24, 2.45) is 0 Å². The molecule has 1 aliphatic carbocycles. The molecule has 1 N–H and O–H groups in total. The van der Waals surface area contributed by atoms with Gasteiger partial charge in [0.1, 0.15) is 0 Å². The van der Waals surface area contributed by atoms with Gasteiger partial charge in [0, 0.05) is 50.2 Å². The average molecular weight is 290 g/mol. The second-order valence-corrected chi connectivity index (χ2v) is 6.61. The summed E-state index contributed by atoms with van der Waals surface area (Å²) < 4.78 is 5.65. The summed E-state index contributed by atoms with van der Waals surface area (Å²) in [4.78, 5) is 11.5. The van der Waals surface area contributed by atoms with Crippen molar-refractivity contribution in [2.75, 3.05) is 25.1 Å². The Kier molecular flexibility index (Phi) is 4.13. The summed E-state index contributed by atoms with van der Waals surface area (Å²) >= 11 is 0. The van der Waals surface area contributed by atoms with Gasteiger partial charge in [-0.3, -0.25) is 0 Å². The van der Waals surface area contributed by atoms with Crippen LogP contribution < -0.4 is 10.2 Å². The van der Waals surface area contributed by atoms with Crippen LogP contribution in [0.25, 0.3) is 0 Å². The van der Waals surface area contributed by atoms with Crippen LogP contribution in [-0.2, 0) is 11.3 Å². The Morgan fingerprint density at radius 3 is 2.95 bits per heavy atom. The Balaban J connectivity index is 1.68. The minimum atomic E-state index is -0.0816. The molecule has 2 heterocycles. The van der Waals surface area contributed by atoms with E-state index in [1.54, 1.807) is 7.11 Å². The molecule has 0 amide bonds. The van der Waals surface area contributed by atoms with Crippen molar-refractivity contribution in [2.45, 2.75) is 57.7 Å². The van der Waals surface area contributed by atoms with Gasteiger partial charge in [0.05, 0.1) is 5.60 Å². The van der Waals surface area contributed by atoms with E-state index in [-0.39, 0.29) is 5.60 Å². The molecule has 1 saturated carbocycles. The highest BCUT2D eigenvalue weighted by atomic mass is 16.5. The lowest BCUT2D eigenvalue weighted by Gasteiger charge is -2.39. The van der Waals surface area contributed by atoms with E-state index in [1.807, 2.05) is 6.20 Å². The first-order valence-electron chi connectivity index (χ1n) is 7.96. The van der Waals surface area contributed by atoms with Crippen LogP contribution in [0.3, 0.4) is 0 Å². The monoisotopic (exact) mass is 290 g/mol. The second-order valence-electron chi connectivity index (χ2n) is 6.61. The van der Waals surface area contributed by atoms with Crippen LogP contribution in [0.15, 0.2) is 6.20 Å². The molecule has 0 aromatic carbocycles. The van der Waals surface area contributed by atoms with Crippen molar-refractivity contribution < 1.29 is 4.74 Å². The quantitative estimate of drug-likeness (QED) is 0.899. The van der Waals surface area contributed by atoms with Crippen LogP contribution in [0, 0.1) is 6.92 Å². The fourth-order valence-electron chi connectivity index (χ4n) is 2.89. The van der Waals surface area contributed by atoms with Gasteiger partial charge < -0.3 is 15.0 Å². The highest BCUT2D eigenvalue weighted by Crippen LogP contribution is 2.26. The highest BCUT2D eigenvalue weighted by Gasteiger charge is 2.32. The molecule has 2 fully saturated rings. The predicted octanol–water partition coefficient (Wildman–Crippen LogP) is 2.04. The first kappa shape index (κ1) is 14.7. The number of hydrogen-bond acceptors (Lipinski definition) is 5. The Hall–Kier alpha value is -1.20. The van der Waals surface area contributed by atoms with Gasteiger partial charge in [0.2, 0.25) is 5.95 Å². The van der Waals surface area contributed by atoms with Crippen molar-refractivity contribution in [3.05, 3.63) is 17.5 Å². The van der Waals surface area contributed by atoms with Crippen LogP contribution in [0.5, 0.6) is 0 Å². The van der Waals surface area contributed by atoms with E-state index in [0.29, 0.717) is 6.04 Å². The maximum Gasteiger partial charge on any atom is 0.225 e. The third kappa shape index (κ3) is 3.52. The van der Waals surface area contributed by atoms with E-state index < -0.39 is 0 Å². The first-order valence-corrected chi connectivity index (χ1v) is 7.96. The van der Waals surface area contributed by atoms with Crippen LogP contribution in [0.2, 0.25) is 0 Å². The number of hydrogen-bond donors (Lipinski definition) is 1. The van der Waals surface area contributed by atoms with E-state index in [1.165, 1.54) is 18.4 Å². The van der Waals surface area contributed by atoms with E-state index in [0.717, 1.165) is 44.1 Å². The van der Waals surface area contributed by atoms with Crippen LogP contribution >= 0.6 is 0 Å². The van der Waals surface area contributed by atoms with Crippen LogP contribution in [0.1, 0.15) is 43.9 Å². The maximum absolute atomic E-state index is 5.65. The minimum absolute atomic E-state index is 0.0816. The molecule has 1 aliphatic heterocycles. The lowest BCUT2D eigenvalue weighted by Crippen LogP contribution is -2.48. The molecule has 21 heavy (non-hydrogen) atoms. The number of piperidine rings is 1. The van der Waals surface area contributed by atoms with Gasteiger partial charge in [-0.15, -0.1) is 0 Å². The topological polar surface area (TPSA) is 50.3 Å². The summed E-state index contributed by atoms with van der Waals surface area (Å²) in [5, 5.41) is 3.52. The summed E-state index contributed by atoms with van der Waals surface area (Å²) in [5.74, 6) is 0.839. The number of aryl methyl sites for hydroxylation is 1. The zero-order valence-corrected chi connectivity index (χ0v) is 13.4. The van der Waals surface area contributed by atoms with E-state index in [4.69, 9.17) is 9.72 Å². The predicted molar refractivity (Wildman–Crippen MR) is 83.5 cm³/mol. The van der Waals surface area contributed by atoms with Crippen molar-refractivity contribution >= 4 is 5.95 Å². The molecule has 0 spiro atoms. The molecule has 0 radical (unpaired) electrons. The van der Waals surface area contributed by atoms with Crippen molar-refractivity contribution in [3.63, 3.8) is 0 Å². The lowest BCUT2D eigenvalue weighted by atomic mass is 9.95. The number of methoxy groups -OCH3 is 1. The number of nitrogens with one attached hydrogen (secondary N) is 1. The Bertz CT molecular complexity index is 503. The van der Waals surface area contributed by atoms with E-state index in [2.05, 4.69) is 29.0 Å². The van der Waals surface area contributed by atoms with Crippen LogP contribution in [-0.4, -0.2) is 41.8 Å². The maximum atomic E-state index is 5.65. The molecule has 1 aromatic rings. The third-order valence-corrected chi connectivity index (χ3v) is 4.66. The van der Waals surface area contributed by atoms with Crippen molar-refractivity contribution in [1.82, 2.24) is 15.3 Å². The van der Waals surface area contributed by atoms with Crippen molar-refractivity contribution in [1.29, 1.82) is 0 Å². The summed E-state index contributed by atoms with van der Waals surface area (Å²) in [7, 11) is 1.79. The largest absolute Gasteiger partial charge is 0.377 e. The first-order chi connectivity index (χ1) is 10.1. The number of aromatic nitrogens is 2. The summed E-state index contributed by atoms with van der Waals surface area (Å²) in [6, 6.07) is 0.716. The molecular formula is C16H26N4O. The number of rotatable bonds is 5. The van der Waals surface area contributed by atoms with Gasteiger partial charge in [0.15, 0.2) is 0 Å². The molecule has 1 aromatic heterocycles. The molecule has 5 heteroatoms. The van der Waals surface area contributed by atoms with E-state index in [9.17, 15) is 0 Å². The summed E-state index contributed by atoms with van der Waals surface area (Å²) in [6.07, 6.45) is 6.81. The molecule has 1 unspecified atom stereocenters. The van der Waals surface area contributed by atoms with Gasteiger partial charge in [-0.25, -0.2) is 9.97 Å². The van der Waals surface area contributed by atoms with Gasteiger partial charge in [-0.05, 0) is 39.5 Å².